The minimum Gasteiger partial charge on any atom is -0.350 e. The predicted octanol–water partition coefficient (Wildman–Crippen LogP) is 3.01. The van der Waals surface area contributed by atoms with Gasteiger partial charge >= 0.3 is 6.18 Å². The number of carbonyl (C=O) groups excluding carboxylic acids is 1. The SMILES string of the molecule is CC(NC(=O)CC(C)(C)N)c1ccc(C(F)(F)F)cc1. The van der Waals surface area contributed by atoms with Crippen LogP contribution in [-0.4, -0.2) is 11.4 Å². The molecule has 0 saturated heterocycles. The van der Waals surface area contributed by atoms with Crippen LogP contribution in [0, 0.1) is 0 Å². The summed E-state index contributed by atoms with van der Waals surface area (Å²) in [5, 5.41) is 2.71. The highest BCUT2D eigenvalue weighted by Crippen LogP contribution is 2.29. The molecule has 0 spiro atoms. The molecule has 1 amide bonds. The Bertz CT molecular complexity index is 461. The first-order chi connectivity index (χ1) is 8.99. The summed E-state index contributed by atoms with van der Waals surface area (Å²) in [6.45, 7) is 5.18. The third-order valence-electron chi connectivity index (χ3n) is 2.73. The van der Waals surface area contributed by atoms with Gasteiger partial charge in [-0.05, 0) is 38.5 Å². The Morgan fingerprint density at radius 2 is 1.75 bits per heavy atom. The van der Waals surface area contributed by atoms with Gasteiger partial charge in [0.1, 0.15) is 0 Å². The highest BCUT2D eigenvalue weighted by atomic mass is 19.4. The Morgan fingerprint density at radius 1 is 1.25 bits per heavy atom. The van der Waals surface area contributed by atoms with E-state index in [0.717, 1.165) is 12.1 Å². The molecule has 1 atom stereocenters. The monoisotopic (exact) mass is 288 g/mol. The molecule has 0 aliphatic heterocycles. The first kappa shape index (κ1) is 16.5. The standard InChI is InChI=1S/C14H19F3N2O/c1-9(19-12(20)8-13(2,3)18)10-4-6-11(7-5-10)14(15,16)17/h4-7,9H,8,18H2,1-3H3,(H,19,20). The quantitative estimate of drug-likeness (QED) is 0.894. The van der Waals surface area contributed by atoms with Crippen LogP contribution in [-0.2, 0) is 11.0 Å². The molecule has 0 aromatic heterocycles. The normalized spacial score (nSPS) is 13.9. The van der Waals surface area contributed by atoms with Crippen LogP contribution in [0.2, 0.25) is 0 Å². The summed E-state index contributed by atoms with van der Waals surface area (Å²) in [5.41, 5.74) is 5.02. The van der Waals surface area contributed by atoms with Crippen LogP contribution in [0.15, 0.2) is 24.3 Å². The molecular weight excluding hydrogens is 269 g/mol. The largest absolute Gasteiger partial charge is 0.416 e. The van der Waals surface area contributed by atoms with Crippen molar-refractivity contribution >= 4 is 5.91 Å². The number of amides is 1. The van der Waals surface area contributed by atoms with E-state index in [4.69, 9.17) is 5.73 Å². The van der Waals surface area contributed by atoms with E-state index in [1.165, 1.54) is 12.1 Å². The average molecular weight is 288 g/mol. The molecule has 0 fully saturated rings. The number of rotatable bonds is 4. The third-order valence-corrected chi connectivity index (χ3v) is 2.73. The summed E-state index contributed by atoms with van der Waals surface area (Å²) >= 11 is 0. The van der Waals surface area contributed by atoms with Crippen LogP contribution >= 0.6 is 0 Å². The van der Waals surface area contributed by atoms with Gasteiger partial charge in [0, 0.05) is 12.0 Å². The zero-order valence-electron chi connectivity index (χ0n) is 11.7. The number of hydrogen-bond acceptors (Lipinski definition) is 2. The van der Waals surface area contributed by atoms with Crippen LogP contribution in [0.1, 0.15) is 44.4 Å². The number of benzene rings is 1. The number of carbonyl (C=O) groups is 1. The molecule has 20 heavy (non-hydrogen) atoms. The van der Waals surface area contributed by atoms with Crippen molar-refractivity contribution in [3.05, 3.63) is 35.4 Å². The molecule has 1 unspecified atom stereocenters. The van der Waals surface area contributed by atoms with Crippen molar-refractivity contribution in [3.63, 3.8) is 0 Å². The number of hydrogen-bond donors (Lipinski definition) is 2. The second-order valence-electron chi connectivity index (χ2n) is 5.57. The van der Waals surface area contributed by atoms with Crippen molar-refractivity contribution in [3.8, 4) is 0 Å². The lowest BCUT2D eigenvalue weighted by atomic mass is 10.0. The molecule has 0 radical (unpaired) electrons. The first-order valence-corrected chi connectivity index (χ1v) is 6.24. The fraction of sp³-hybridized carbons (Fsp3) is 0.500. The number of halogens is 3. The Morgan fingerprint density at radius 3 is 2.15 bits per heavy atom. The lowest BCUT2D eigenvalue weighted by molar-refractivity contribution is -0.137. The first-order valence-electron chi connectivity index (χ1n) is 6.24. The number of alkyl halides is 3. The Labute approximate surface area is 116 Å². The van der Waals surface area contributed by atoms with Crippen LogP contribution in [0.5, 0.6) is 0 Å². The van der Waals surface area contributed by atoms with Gasteiger partial charge in [-0.2, -0.15) is 13.2 Å². The fourth-order valence-corrected chi connectivity index (χ4v) is 1.75. The van der Waals surface area contributed by atoms with E-state index in [2.05, 4.69) is 5.32 Å². The molecule has 1 aromatic carbocycles. The predicted molar refractivity (Wildman–Crippen MR) is 70.9 cm³/mol. The summed E-state index contributed by atoms with van der Waals surface area (Å²) in [5.74, 6) is -0.232. The van der Waals surface area contributed by atoms with E-state index in [1.54, 1.807) is 20.8 Å². The lowest BCUT2D eigenvalue weighted by Crippen LogP contribution is -2.39. The molecule has 1 rings (SSSR count). The van der Waals surface area contributed by atoms with Crippen molar-refractivity contribution in [2.75, 3.05) is 0 Å². The van der Waals surface area contributed by atoms with Crippen LogP contribution in [0.25, 0.3) is 0 Å². The molecular formula is C14H19F3N2O. The van der Waals surface area contributed by atoms with Crippen LogP contribution in [0.4, 0.5) is 13.2 Å². The van der Waals surface area contributed by atoms with E-state index in [0.29, 0.717) is 5.56 Å². The molecule has 112 valence electrons. The van der Waals surface area contributed by atoms with Gasteiger partial charge in [0.15, 0.2) is 0 Å². The highest BCUT2D eigenvalue weighted by Gasteiger charge is 2.30. The summed E-state index contributed by atoms with van der Waals surface area (Å²) in [4.78, 5) is 11.7. The zero-order chi connectivity index (χ0) is 15.6. The van der Waals surface area contributed by atoms with E-state index in [9.17, 15) is 18.0 Å². The molecule has 3 nitrogen and oxygen atoms in total. The van der Waals surface area contributed by atoms with Gasteiger partial charge in [-0.1, -0.05) is 12.1 Å². The Balaban J connectivity index is 2.69. The van der Waals surface area contributed by atoms with Gasteiger partial charge in [0.2, 0.25) is 5.91 Å². The lowest BCUT2D eigenvalue weighted by Gasteiger charge is -2.20. The van der Waals surface area contributed by atoms with Crippen molar-refractivity contribution in [2.45, 2.75) is 44.9 Å². The third kappa shape index (κ3) is 5.21. The minimum atomic E-state index is -4.35. The van der Waals surface area contributed by atoms with Crippen molar-refractivity contribution in [1.29, 1.82) is 0 Å². The van der Waals surface area contributed by atoms with Crippen LogP contribution < -0.4 is 11.1 Å². The van der Waals surface area contributed by atoms with Crippen LogP contribution in [0.3, 0.4) is 0 Å². The molecule has 0 bridgehead atoms. The summed E-state index contributed by atoms with van der Waals surface area (Å²) in [6.07, 6.45) is -4.20. The van der Waals surface area contributed by atoms with E-state index in [1.807, 2.05) is 0 Å². The van der Waals surface area contributed by atoms with E-state index >= 15 is 0 Å². The number of nitrogens with two attached hydrogens (primary N) is 1. The number of nitrogens with one attached hydrogen (secondary N) is 1. The molecule has 0 saturated carbocycles. The minimum absolute atomic E-state index is 0.151. The summed E-state index contributed by atoms with van der Waals surface area (Å²) in [7, 11) is 0. The second-order valence-corrected chi connectivity index (χ2v) is 5.57. The smallest absolute Gasteiger partial charge is 0.350 e. The maximum Gasteiger partial charge on any atom is 0.416 e. The summed E-state index contributed by atoms with van der Waals surface area (Å²) in [6, 6.07) is 4.37. The molecule has 3 N–H and O–H groups in total. The van der Waals surface area contributed by atoms with Gasteiger partial charge in [-0.3, -0.25) is 4.79 Å². The fourth-order valence-electron chi connectivity index (χ4n) is 1.75. The topological polar surface area (TPSA) is 55.1 Å². The van der Waals surface area contributed by atoms with Gasteiger partial charge in [-0.15, -0.1) is 0 Å². The molecule has 1 aromatic rings. The molecule has 0 aliphatic rings. The van der Waals surface area contributed by atoms with Crippen molar-refractivity contribution in [1.82, 2.24) is 5.32 Å². The molecule has 0 heterocycles. The van der Waals surface area contributed by atoms with Gasteiger partial charge < -0.3 is 11.1 Å². The van der Waals surface area contributed by atoms with Gasteiger partial charge in [-0.25, -0.2) is 0 Å². The van der Waals surface area contributed by atoms with Crippen molar-refractivity contribution < 1.29 is 18.0 Å². The van der Waals surface area contributed by atoms with Crippen molar-refractivity contribution in [2.24, 2.45) is 5.73 Å². The maximum absolute atomic E-state index is 12.4. The van der Waals surface area contributed by atoms with E-state index in [-0.39, 0.29) is 18.4 Å². The highest BCUT2D eigenvalue weighted by molar-refractivity contribution is 5.77. The Kier molecular flexibility index (Phi) is 4.81. The maximum atomic E-state index is 12.4. The van der Waals surface area contributed by atoms with Gasteiger partial charge in [0.25, 0.3) is 0 Å². The summed E-state index contributed by atoms with van der Waals surface area (Å²) < 4.78 is 37.3. The molecule has 0 aliphatic carbocycles. The second kappa shape index (κ2) is 5.83. The Hall–Kier alpha value is -1.56. The molecule has 6 heteroatoms. The average Bonchev–Trinajstić information content (AvgIpc) is 2.25. The van der Waals surface area contributed by atoms with Gasteiger partial charge in [0.05, 0.1) is 11.6 Å². The zero-order valence-corrected chi connectivity index (χ0v) is 11.7. The van der Waals surface area contributed by atoms with E-state index < -0.39 is 17.3 Å².